The minimum Gasteiger partial charge on any atom is -0.489 e. The summed E-state index contributed by atoms with van der Waals surface area (Å²) in [5.41, 5.74) is 4.08. The molecular formula is C23H22FN3O4S. The van der Waals surface area contributed by atoms with E-state index in [1.807, 2.05) is 30.3 Å². The number of benzene rings is 3. The van der Waals surface area contributed by atoms with Crippen molar-refractivity contribution in [2.75, 3.05) is 13.6 Å². The summed E-state index contributed by atoms with van der Waals surface area (Å²) in [5.74, 6) is -0.464. The number of sulfonamides is 1. The molecule has 0 aliphatic carbocycles. The molecule has 32 heavy (non-hydrogen) atoms. The Balaban J connectivity index is 1.48. The lowest BCUT2D eigenvalue weighted by molar-refractivity contribution is -0.121. The van der Waals surface area contributed by atoms with Gasteiger partial charge in [0.15, 0.2) is 0 Å². The monoisotopic (exact) mass is 455 g/mol. The van der Waals surface area contributed by atoms with Crippen LogP contribution in [0, 0.1) is 5.82 Å². The molecule has 166 valence electrons. The van der Waals surface area contributed by atoms with Crippen molar-refractivity contribution in [3.63, 3.8) is 0 Å². The van der Waals surface area contributed by atoms with E-state index in [2.05, 4.69) is 10.5 Å². The van der Waals surface area contributed by atoms with Gasteiger partial charge in [-0.3, -0.25) is 4.79 Å². The summed E-state index contributed by atoms with van der Waals surface area (Å²) in [4.78, 5) is 11.9. The number of ether oxygens (including phenoxy) is 1. The van der Waals surface area contributed by atoms with Crippen molar-refractivity contribution in [1.82, 2.24) is 9.73 Å². The average Bonchev–Trinajstić information content (AvgIpc) is 2.79. The minimum absolute atomic E-state index is 0.104. The number of hydrazone groups is 1. The van der Waals surface area contributed by atoms with Gasteiger partial charge in [-0.25, -0.2) is 18.2 Å². The predicted octanol–water partition coefficient (Wildman–Crippen LogP) is 3.18. The summed E-state index contributed by atoms with van der Waals surface area (Å²) in [6.45, 7) is 0.0159. The molecule has 0 radical (unpaired) electrons. The fraction of sp³-hybridized carbons (Fsp3) is 0.130. The van der Waals surface area contributed by atoms with E-state index in [9.17, 15) is 17.6 Å². The minimum atomic E-state index is -3.92. The zero-order chi connectivity index (χ0) is 23.0. The van der Waals surface area contributed by atoms with Crippen molar-refractivity contribution in [2.45, 2.75) is 11.5 Å². The van der Waals surface area contributed by atoms with Crippen molar-refractivity contribution < 1.29 is 22.3 Å². The molecule has 1 amide bonds. The molecule has 0 atom stereocenters. The summed E-state index contributed by atoms with van der Waals surface area (Å²) in [5, 5.41) is 3.85. The molecule has 0 aliphatic rings. The molecule has 7 nitrogen and oxygen atoms in total. The van der Waals surface area contributed by atoms with Gasteiger partial charge in [0.2, 0.25) is 10.0 Å². The van der Waals surface area contributed by atoms with E-state index in [4.69, 9.17) is 4.74 Å². The molecule has 3 aromatic rings. The van der Waals surface area contributed by atoms with E-state index in [1.165, 1.54) is 13.3 Å². The quantitative estimate of drug-likeness (QED) is 0.397. The molecule has 3 aromatic carbocycles. The lowest BCUT2D eigenvalue weighted by atomic mass is 10.2. The maximum atomic E-state index is 13.0. The molecule has 0 unspecified atom stereocenters. The SMILES string of the molecule is CN(CC(=O)N/N=C\c1ccc(OCc2ccccc2)cc1)S(=O)(=O)c1ccc(F)cc1. The van der Waals surface area contributed by atoms with Gasteiger partial charge >= 0.3 is 0 Å². The first-order valence-electron chi connectivity index (χ1n) is 9.65. The number of nitrogens with zero attached hydrogens (tertiary/aromatic N) is 2. The molecule has 0 saturated heterocycles. The van der Waals surface area contributed by atoms with Crippen LogP contribution in [0.2, 0.25) is 0 Å². The van der Waals surface area contributed by atoms with Gasteiger partial charge in [0, 0.05) is 7.05 Å². The van der Waals surface area contributed by atoms with Gasteiger partial charge in [-0.2, -0.15) is 9.41 Å². The van der Waals surface area contributed by atoms with Gasteiger partial charge in [-0.1, -0.05) is 30.3 Å². The predicted molar refractivity (Wildman–Crippen MR) is 119 cm³/mol. The second-order valence-corrected chi connectivity index (χ2v) is 8.90. The summed E-state index contributed by atoms with van der Waals surface area (Å²) >= 11 is 0. The van der Waals surface area contributed by atoms with Crippen LogP contribution in [0.5, 0.6) is 5.75 Å². The van der Waals surface area contributed by atoms with Crippen molar-refractivity contribution in [3.05, 3.63) is 95.8 Å². The van der Waals surface area contributed by atoms with Crippen molar-refractivity contribution in [3.8, 4) is 5.75 Å². The lowest BCUT2D eigenvalue weighted by Crippen LogP contribution is -2.36. The number of nitrogens with one attached hydrogen (secondary N) is 1. The number of rotatable bonds is 9. The van der Waals surface area contributed by atoms with E-state index in [0.717, 1.165) is 39.7 Å². The molecule has 0 saturated carbocycles. The fourth-order valence-electron chi connectivity index (χ4n) is 2.68. The zero-order valence-electron chi connectivity index (χ0n) is 17.3. The Morgan fingerprint density at radius 1 is 1.03 bits per heavy atom. The van der Waals surface area contributed by atoms with Gasteiger partial charge in [0.1, 0.15) is 18.2 Å². The maximum absolute atomic E-state index is 13.0. The lowest BCUT2D eigenvalue weighted by Gasteiger charge is -2.16. The van der Waals surface area contributed by atoms with Gasteiger partial charge in [0.05, 0.1) is 17.7 Å². The Labute approximate surface area is 186 Å². The van der Waals surface area contributed by atoms with E-state index in [-0.39, 0.29) is 4.90 Å². The number of amides is 1. The second-order valence-electron chi connectivity index (χ2n) is 6.85. The third-order valence-corrected chi connectivity index (χ3v) is 6.24. The van der Waals surface area contributed by atoms with Crippen LogP contribution in [0.15, 0.2) is 88.9 Å². The largest absolute Gasteiger partial charge is 0.489 e. The number of hydrogen-bond donors (Lipinski definition) is 1. The molecule has 0 bridgehead atoms. The third-order valence-electron chi connectivity index (χ3n) is 4.42. The zero-order valence-corrected chi connectivity index (χ0v) is 18.1. The van der Waals surface area contributed by atoms with E-state index in [1.54, 1.807) is 24.3 Å². The first kappa shape index (κ1) is 23.1. The van der Waals surface area contributed by atoms with Crippen molar-refractivity contribution in [1.29, 1.82) is 0 Å². The third kappa shape index (κ3) is 6.47. The molecule has 0 heterocycles. The normalized spacial score (nSPS) is 11.6. The van der Waals surface area contributed by atoms with Crippen LogP contribution >= 0.6 is 0 Å². The smallest absolute Gasteiger partial charge is 0.255 e. The standard InChI is InChI=1S/C23H22FN3O4S/c1-27(32(29,30)22-13-9-20(24)10-14-22)16-23(28)26-25-15-18-7-11-21(12-8-18)31-17-19-5-3-2-4-6-19/h2-15H,16-17H2,1H3,(H,26,28)/b25-15-. The Hall–Kier alpha value is -3.56. The van der Waals surface area contributed by atoms with Crippen LogP contribution in [0.25, 0.3) is 0 Å². The molecule has 9 heteroatoms. The Kier molecular flexibility index (Phi) is 7.69. The van der Waals surface area contributed by atoms with Gasteiger partial charge < -0.3 is 4.74 Å². The highest BCUT2D eigenvalue weighted by Gasteiger charge is 2.22. The average molecular weight is 456 g/mol. The van der Waals surface area contributed by atoms with Gasteiger partial charge in [-0.05, 0) is 59.7 Å². The highest BCUT2D eigenvalue weighted by Crippen LogP contribution is 2.15. The number of halogens is 1. The number of hydrogen-bond acceptors (Lipinski definition) is 5. The molecular weight excluding hydrogens is 433 g/mol. The van der Waals surface area contributed by atoms with Crippen LogP contribution in [0.1, 0.15) is 11.1 Å². The topological polar surface area (TPSA) is 88.1 Å². The highest BCUT2D eigenvalue weighted by molar-refractivity contribution is 7.89. The van der Waals surface area contributed by atoms with Crippen molar-refractivity contribution in [2.24, 2.45) is 5.10 Å². The molecule has 3 rings (SSSR count). The Morgan fingerprint density at radius 3 is 2.34 bits per heavy atom. The van der Waals surface area contributed by atoms with E-state index < -0.39 is 28.3 Å². The summed E-state index contributed by atoms with van der Waals surface area (Å²) in [7, 11) is -2.66. The van der Waals surface area contributed by atoms with E-state index >= 15 is 0 Å². The van der Waals surface area contributed by atoms with Crippen LogP contribution in [-0.4, -0.2) is 38.4 Å². The van der Waals surface area contributed by atoms with Crippen LogP contribution in [-0.2, 0) is 21.4 Å². The summed E-state index contributed by atoms with van der Waals surface area (Å²) in [6.07, 6.45) is 1.44. The van der Waals surface area contributed by atoms with E-state index in [0.29, 0.717) is 12.4 Å². The molecule has 0 fully saturated rings. The van der Waals surface area contributed by atoms with Crippen LogP contribution < -0.4 is 10.2 Å². The Morgan fingerprint density at radius 2 is 1.69 bits per heavy atom. The number of carbonyl (C=O) groups is 1. The van der Waals surface area contributed by atoms with Crippen LogP contribution in [0.4, 0.5) is 4.39 Å². The molecule has 0 aromatic heterocycles. The first-order chi connectivity index (χ1) is 15.3. The highest BCUT2D eigenvalue weighted by atomic mass is 32.2. The Bertz CT molecular complexity index is 1170. The van der Waals surface area contributed by atoms with Crippen LogP contribution in [0.3, 0.4) is 0 Å². The maximum Gasteiger partial charge on any atom is 0.255 e. The van der Waals surface area contributed by atoms with Gasteiger partial charge in [0.25, 0.3) is 5.91 Å². The molecule has 0 spiro atoms. The van der Waals surface area contributed by atoms with Gasteiger partial charge in [-0.15, -0.1) is 0 Å². The fourth-order valence-corrected chi connectivity index (χ4v) is 3.81. The number of likely N-dealkylation sites (N-methyl/N-ethyl adjacent to an activating group) is 1. The molecule has 1 N–H and O–H groups in total. The number of carbonyl (C=O) groups excluding carboxylic acids is 1. The summed E-state index contributed by atoms with van der Waals surface area (Å²) < 4.78 is 44.4. The molecule has 0 aliphatic heterocycles. The second kappa shape index (κ2) is 10.7. The summed E-state index contributed by atoms with van der Waals surface area (Å²) in [6, 6.07) is 21.3. The van der Waals surface area contributed by atoms with Crippen molar-refractivity contribution >= 4 is 22.1 Å². The first-order valence-corrected chi connectivity index (χ1v) is 11.1.